The molecule has 2 nitrogen and oxygen atoms in total. The lowest BCUT2D eigenvalue weighted by Gasteiger charge is -2.19. The van der Waals surface area contributed by atoms with Crippen LogP contribution in [0.25, 0.3) is 0 Å². The van der Waals surface area contributed by atoms with E-state index in [2.05, 4.69) is 6.08 Å². The van der Waals surface area contributed by atoms with Crippen LogP contribution in [0.15, 0.2) is 12.2 Å². The first-order chi connectivity index (χ1) is 3.80. The van der Waals surface area contributed by atoms with Gasteiger partial charge < -0.3 is 11.5 Å². The quantitative estimate of drug-likeness (QED) is 0.433. The minimum absolute atomic E-state index is 0.101. The smallest absolute Gasteiger partial charge is 0.0378 e. The Morgan fingerprint density at radius 1 is 1.38 bits per heavy atom. The maximum Gasteiger partial charge on any atom is 0.0378 e. The Bertz CT molecular complexity index is 98.7. The molecule has 8 heavy (non-hydrogen) atoms. The predicted molar refractivity (Wildman–Crippen MR) is 34.3 cm³/mol. The lowest BCUT2D eigenvalue weighted by atomic mass is 9.99. The molecule has 0 unspecified atom stereocenters. The molecular weight excluding hydrogens is 100 g/mol. The summed E-state index contributed by atoms with van der Waals surface area (Å²) in [5, 5.41) is 0. The minimum Gasteiger partial charge on any atom is -0.326 e. The van der Waals surface area contributed by atoms with Gasteiger partial charge in [-0.2, -0.15) is 0 Å². The molecule has 0 aromatic carbocycles. The van der Waals surface area contributed by atoms with Crippen LogP contribution in [0.5, 0.6) is 0 Å². The van der Waals surface area contributed by atoms with E-state index in [0.717, 1.165) is 12.8 Å². The van der Waals surface area contributed by atoms with Crippen molar-refractivity contribution in [1.29, 1.82) is 0 Å². The highest BCUT2D eigenvalue weighted by Gasteiger charge is 2.11. The Balaban J connectivity index is 2.47. The predicted octanol–water partition coefficient (Wildman–Crippen LogP) is -0.00900. The summed E-state index contributed by atoms with van der Waals surface area (Å²) in [4.78, 5) is 0. The summed E-state index contributed by atoms with van der Waals surface area (Å²) in [5.41, 5.74) is 11.2. The lowest BCUT2D eigenvalue weighted by molar-refractivity contribution is 0.541. The third-order valence-corrected chi connectivity index (χ3v) is 1.52. The summed E-state index contributed by atoms with van der Waals surface area (Å²) in [7, 11) is 0. The third kappa shape index (κ3) is 1.08. The topological polar surface area (TPSA) is 52.0 Å². The molecule has 0 heterocycles. The number of allylic oxidation sites excluding steroid dienone is 1. The van der Waals surface area contributed by atoms with Gasteiger partial charge in [0.05, 0.1) is 0 Å². The summed E-state index contributed by atoms with van der Waals surface area (Å²) in [6.45, 7) is 0. The van der Waals surface area contributed by atoms with E-state index in [4.69, 9.17) is 11.5 Å². The molecule has 1 rings (SSSR count). The van der Waals surface area contributed by atoms with E-state index in [-0.39, 0.29) is 12.1 Å². The van der Waals surface area contributed by atoms with E-state index in [0.29, 0.717) is 0 Å². The summed E-state index contributed by atoms with van der Waals surface area (Å²) >= 11 is 0. The van der Waals surface area contributed by atoms with Gasteiger partial charge in [-0.15, -0.1) is 0 Å². The van der Waals surface area contributed by atoms with Gasteiger partial charge in [0.15, 0.2) is 0 Å². The van der Waals surface area contributed by atoms with Crippen molar-refractivity contribution in [3.8, 4) is 0 Å². The fourth-order valence-electron chi connectivity index (χ4n) is 0.877. The minimum atomic E-state index is 0.101. The molecular formula is C6H12N2. The van der Waals surface area contributed by atoms with Crippen LogP contribution < -0.4 is 11.5 Å². The molecule has 0 spiro atoms. The second-order valence-electron chi connectivity index (χ2n) is 2.25. The Kier molecular flexibility index (Phi) is 1.65. The number of hydrogen-bond donors (Lipinski definition) is 2. The highest BCUT2D eigenvalue weighted by molar-refractivity contribution is 5.01. The average Bonchev–Trinajstić information content (AvgIpc) is 1.77. The van der Waals surface area contributed by atoms with Gasteiger partial charge in [-0.05, 0) is 12.8 Å². The van der Waals surface area contributed by atoms with E-state index in [1.165, 1.54) is 0 Å². The zero-order chi connectivity index (χ0) is 5.98. The molecule has 46 valence electrons. The van der Waals surface area contributed by atoms with Crippen molar-refractivity contribution < 1.29 is 0 Å². The van der Waals surface area contributed by atoms with Crippen LogP contribution in [0.4, 0.5) is 0 Å². The summed E-state index contributed by atoms with van der Waals surface area (Å²) in [6.07, 6.45) is 6.20. The fraction of sp³-hybridized carbons (Fsp3) is 0.667. The second-order valence-corrected chi connectivity index (χ2v) is 2.25. The van der Waals surface area contributed by atoms with Gasteiger partial charge in [0.2, 0.25) is 0 Å². The lowest BCUT2D eigenvalue weighted by Crippen LogP contribution is -2.41. The molecule has 0 aromatic rings. The molecule has 0 fully saturated rings. The fourth-order valence-corrected chi connectivity index (χ4v) is 0.877. The van der Waals surface area contributed by atoms with Crippen LogP contribution in [0.3, 0.4) is 0 Å². The summed E-state index contributed by atoms with van der Waals surface area (Å²) < 4.78 is 0. The van der Waals surface area contributed by atoms with Crippen LogP contribution in [0, 0.1) is 0 Å². The molecule has 2 heteroatoms. The van der Waals surface area contributed by atoms with E-state index >= 15 is 0 Å². The molecule has 0 bridgehead atoms. The molecule has 0 aromatic heterocycles. The van der Waals surface area contributed by atoms with Crippen molar-refractivity contribution in [3.63, 3.8) is 0 Å². The molecule has 0 radical (unpaired) electrons. The van der Waals surface area contributed by atoms with Crippen LogP contribution in [0.2, 0.25) is 0 Å². The second kappa shape index (κ2) is 2.29. The zero-order valence-corrected chi connectivity index (χ0v) is 4.88. The third-order valence-electron chi connectivity index (χ3n) is 1.52. The van der Waals surface area contributed by atoms with Crippen molar-refractivity contribution in [3.05, 3.63) is 12.2 Å². The van der Waals surface area contributed by atoms with Gasteiger partial charge in [-0.1, -0.05) is 12.2 Å². The van der Waals surface area contributed by atoms with Crippen LogP contribution in [-0.2, 0) is 0 Å². The Hall–Kier alpha value is -0.340. The Morgan fingerprint density at radius 3 is 2.50 bits per heavy atom. The molecule has 0 saturated carbocycles. The van der Waals surface area contributed by atoms with Gasteiger partial charge >= 0.3 is 0 Å². The van der Waals surface area contributed by atoms with Crippen molar-refractivity contribution in [2.75, 3.05) is 0 Å². The average molecular weight is 112 g/mol. The first kappa shape index (κ1) is 5.79. The molecule has 0 amide bonds. The molecule has 1 aliphatic carbocycles. The van der Waals surface area contributed by atoms with E-state index < -0.39 is 0 Å². The van der Waals surface area contributed by atoms with Gasteiger partial charge in [0, 0.05) is 12.1 Å². The van der Waals surface area contributed by atoms with Crippen molar-refractivity contribution in [2.24, 2.45) is 11.5 Å². The molecule has 4 N–H and O–H groups in total. The van der Waals surface area contributed by atoms with E-state index in [1.807, 2.05) is 6.08 Å². The monoisotopic (exact) mass is 112 g/mol. The molecule has 0 saturated heterocycles. The standard InChI is InChI=1S/C6H12N2/c7-5-3-1-2-4-6(5)8/h1,3,5-6H,2,4,7-8H2/t5-,6-/m1/s1. The van der Waals surface area contributed by atoms with Crippen LogP contribution >= 0.6 is 0 Å². The Morgan fingerprint density at radius 2 is 2.12 bits per heavy atom. The van der Waals surface area contributed by atoms with Crippen molar-refractivity contribution >= 4 is 0 Å². The normalized spacial score (nSPS) is 37.8. The van der Waals surface area contributed by atoms with Gasteiger partial charge in [-0.3, -0.25) is 0 Å². The maximum absolute atomic E-state index is 5.60. The highest BCUT2D eigenvalue weighted by Crippen LogP contribution is 2.06. The van der Waals surface area contributed by atoms with Crippen LogP contribution in [0.1, 0.15) is 12.8 Å². The number of rotatable bonds is 0. The molecule has 1 aliphatic rings. The van der Waals surface area contributed by atoms with Gasteiger partial charge in [-0.25, -0.2) is 0 Å². The molecule has 2 atom stereocenters. The SMILES string of the molecule is N[C@@H]1C=CCC[C@H]1N. The maximum atomic E-state index is 5.60. The van der Waals surface area contributed by atoms with Gasteiger partial charge in [0.25, 0.3) is 0 Å². The first-order valence-corrected chi connectivity index (χ1v) is 2.98. The van der Waals surface area contributed by atoms with E-state index in [1.54, 1.807) is 0 Å². The summed E-state index contributed by atoms with van der Waals surface area (Å²) in [5.74, 6) is 0. The van der Waals surface area contributed by atoms with Crippen molar-refractivity contribution in [2.45, 2.75) is 24.9 Å². The van der Waals surface area contributed by atoms with Crippen molar-refractivity contribution in [1.82, 2.24) is 0 Å². The highest BCUT2D eigenvalue weighted by atomic mass is 14.8. The van der Waals surface area contributed by atoms with Gasteiger partial charge in [0.1, 0.15) is 0 Å². The number of hydrogen-bond acceptors (Lipinski definition) is 2. The molecule has 0 aliphatic heterocycles. The van der Waals surface area contributed by atoms with Crippen LogP contribution in [-0.4, -0.2) is 12.1 Å². The Labute approximate surface area is 49.5 Å². The summed E-state index contributed by atoms with van der Waals surface area (Å²) in [6, 6.07) is 0.295. The van der Waals surface area contributed by atoms with E-state index in [9.17, 15) is 0 Å². The first-order valence-electron chi connectivity index (χ1n) is 2.98. The largest absolute Gasteiger partial charge is 0.326 e. The zero-order valence-electron chi connectivity index (χ0n) is 4.88. The number of nitrogens with two attached hydrogens (primary N) is 2.